The molecule has 2 aromatic rings. The Hall–Kier alpha value is -1.52. The van der Waals surface area contributed by atoms with Crippen LogP contribution in [0.2, 0.25) is 0 Å². The molecule has 2 N–H and O–H groups in total. The zero-order valence-electron chi connectivity index (χ0n) is 12.6. The van der Waals surface area contributed by atoms with Crippen LogP contribution in [0.25, 0.3) is 0 Å². The van der Waals surface area contributed by atoms with Gasteiger partial charge in [-0.15, -0.1) is 11.8 Å². The third-order valence-electron chi connectivity index (χ3n) is 3.39. The van der Waals surface area contributed by atoms with Crippen LogP contribution in [-0.2, 0) is 0 Å². The van der Waals surface area contributed by atoms with Gasteiger partial charge in [-0.3, -0.25) is 0 Å². The average Bonchev–Trinajstić information content (AvgIpc) is 2.47. The van der Waals surface area contributed by atoms with Crippen LogP contribution in [0.15, 0.2) is 47.4 Å². The van der Waals surface area contributed by atoms with E-state index in [-0.39, 0.29) is 0 Å². The molecule has 2 rings (SSSR count). The smallest absolute Gasteiger partial charge is 0.107 e. The van der Waals surface area contributed by atoms with E-state index in [1.165, 1.54) is 5.56 Å². The summed E-state index contributed by atoms with van der Waals surface area (Å²) in [4.78, 5) is 3.81. The van der Waals surface area contributed by atoms with Gasteiger partial charge in [0, 0.05) is 22.7 Å². The molecule has 0 atom stereocenters. The van der Waals surface area contributed by atoms with Crippen molar-refractivity contribution in [1.82, 2.24) is 0 Å². The Morgan fingerprint density at radius 2 is 1.95 bits per heavy atom. The number of nitrogens with zero attached hydrogens (tertiary/aromatic N) is 1. The number of hydrogen-bond donors (Lipinski definition) is 1. The summed E-state index contributed by atoms with van der Waals surface area (Å²) < 4.78 is 0. The van der Waals surface area contributed by atoms with Gasteiger partial charge >= 0.3 is 0 Å². The minimum Gasteiger partial charge on any atom is -0.389 e. The molecule has 0 bridgehead atoms. The molecule has 0 amide bonds. The molecule has 0 radical (unpaired) electrons. The Kier molecular flexibility index (Phi) is 5.26. The summed E-state index contributed by atoms with van der Waals surface area (Å²) in [6.07, 6.45) is 2.05. The molecule has 0 spiro atoms. The Morgan fingerprint density at radius 1 is 1.24 bits per heavy atom. The van der Waals surface area contributed by atoms with Gasteiger partial charge in [-0.1, -0.05) is 30.4 Å². The Balaban J connectivity index is 2.60. The fraction of sp³-hybridized carbons (Fsp3) is 0.235. The monoisotopic (exact) mass is 316 g/mol. The maximum absolute atomic E-state index is 5.98. The van der Waals surface area contributed by atoms with Gasteiger partial charge < -0.3 is 10.6 Å². The molecule has 0 unspecified atom stereocenters. The van der Waals surface area contributed by atoms with Gasteiger partial charge in [0.2, 0.25) is 0 Å². The molecule has 2 nitrogen and oxygen atoms in total. The second-order valence-electron chi connectivity index (χ2n) is 4.80. The van der Waals surface area contributed by atoms with Gasteiger partial charge in [0.1, 0.15) is 4.99 Å². The lowest BCUT2D eigenvalue weighted by atomic mass is 10.1. The summed E-state index contributed by atoms with van der Waals surface area (Å²) >= 11 is 6.95. The highest BCUT2D eigenvalue weighted by Gasteiger charge is 2.16. The molecule has 0 aliphatic rings. The fourth-order valence-electron chi connectivity index (χ4n) is 2.45. The summed E-state index contributed by atoms with van der Waals surface area (Å²) in [6, 6.07) is 14.7. The van der Waals surface area contributed by atoms with Gasteiger partial charge in [-0.05, 0) is 49.9 Å². The van der Waals surface area contributed by atoms with Gasteiger partial charge in [-0.2, -0.15) is 0 Å². The first-order chi connectivity index (χ1) is 10.1. The first-order valence-corrected chi connectivity index (χ1v) is 8.52. The van der Waals surface area contributed by atoms with E-state index in [1.807, 2.05) is 6.26 Å². The van der Waals surface area contributed by atoms with Crippen molar-refractivity contribution in [3.8, 4) is 0 Å². The Bertz CT molecular complexity index is 653. The molecule has 0 heterocycles. The molecular weight excluding hydrogens is 296 g/mol. The average molecular weight is 316 g/mol. The molecular formula is C17H20N2S2. The normalized spacial score (nSPS) is 10.4. The van der Waals surface area contributed by atoms with E-state index < -0.39 is 0 Å². The molecule has 0 fully saturated rings. The summed E-state index contributed by atoms with van der Waals surface area (Å²) in [6.45, 7) is 5.10. The van der Waals surface area contributed by atoms with Crippen LogP contribution in [0.5, 0.6) is 0 Å². The quantitative estimate of drug-likeness (QED) is 0.649. The lowest BCUT2D eigenvalue weighted by molar-refractivity contribution is 1.02. The number of aryl methyl sites for hydroxylation is 1. The number of anilines is 2. The van der Waals surface area contributed by atoms with Crippen molar-refractivity contribution in [3.63, 3.8) is 0 Å². The maximum atomic E-state index is 5.98. The van der Waals surface area contributed by atoms with E-state index >= 15 is 0 Å². The predicted molar refractivity (Wildman–Crippen MR) is 98.0 cm³/mol. The Labute approximate surface area is 136 Å². The summed E-state index contributed by atoms with van der Waals surface area (Å²) in [5, 5.41) is 0. The van der Waals surface area contributed by atoms with Gasteiger partial charge in [0.05, 0.1) is 5.69 Å². The van der Waals surface area contributed by atoms with Crippen molar-refractivity contribution in [2.24, 2.45) is 5.73 Å². The van der Waals surface area contributed by atoms with Gasteiger partial charge in [-0.25, -0.2) is 0 Å². The van der Waals surface area contributed by atoms with E-state index in [4.69, 9.17) is 18.0 Å². The highest BCUT2D eigenvalue weighted by Crippen LogP contribution is 2.34. The Morgan fingerprint density at radius 3 is 2.52 bits per heavy atom. The van der Waals surface area contributed by atoms with Crippen LogP contribution in [0.1, 0.15) is 18.1 Å². The lowest BCUT2D eigenvalue weighted by Gasteiger charge is -2.27. The van der Waals surface area contributed by atoms with Crippen molar-refractivity contribution in [2.45, 2.75) is 18.7 Å². The molecule has 0 aromatic heterocycles. The molecule has 2 aromatic carbocycles. The zero-order valence-corrected chi connectivity index (χ0v) is 14.2. The van der Waals surface area contributed by atoms with Crippen molar-refractivity contribution < 1.29 is 0 Å². The van der Waals surface area contributed by atoms with Crippen molar-refractivity contribution in [2.75, 3.05) is 17.7 Å². The van der Waals surface area contributed by atoms with Gasteiger partial charge in [0.25, 0.3) is 0 Å². The van der Waals surface area contributed by atoms with E-state index in [1.54, 1.807) is 11.8 Å². The van der Waals surface area contributed by atoms with E-state index in [2.05, 4.69) is 61.2 Å². The zero-order chi connectivity index (χ0) is 15.4. The first-order valence-electron chi connectivity index (χ1n) is 6.89. The second kappa shape index (κ2) is 6.96. The highest BCUT2D eigenvalue weighted by atomic mass is 32.2. The maximum Gasteiger partial charge on any atom is 0.107 e. The number of benzene rings is 2. The third kappa shape index (κ3) is 3.39. The predicted octanol–water partition coefficient (Wildman–Crippen LogP) is 4.51. The minimum atomic E-state index is 0.445. The molecule has 0 saturated carbocycles. The SMILES string of the molecule is CCN(c1cccc(C)c1)c1cccc(SC)c1C(N)=S. The summed E-state index contributed by atoms with van der Waals surface area (Å²) in [7, 11) is 0. The van der Waals surface area contributed by atoms with Gasteiger partial charge in [0.15, 0.2) is 0 Å². The van der Waals surface area contributed by atoms with E-state index in [0.717, 1.165) is 28.4 Å². The third-order valence-corrected chi connectivity index (χ3v) is 4.38. The molecule has 21 heavy (non-hydrogen) atoms. The number of hydrogen-bond acceptors (Lipinski definition) is 3. The number of nitrogens with two attached hydrogens (primary N) is 1. The van der Waals surface area contributed by atoms with E-state index in [9.17, 15) is 0 Å². The van der Waals surface area contributed by atoms with Crippen LogP contribution in [-0.4, -0.2) is 17.8 Å². The van der Waals surface area contributed by atoms with Crippen LogP contribution in [0.4, 0.5) is 11.4 Å². The minimum absolute atomic E-state index is 0.445. The number of rotatable bonds is 5. The number of thioether (sulfide) groups is 1. The van der Waals surface area contributed by atoms with E-state index in [0.29, 0.717) is 4.99 Å². The van der Waals surface area contributed by atoms with Crippen LogP contribution < -0.4 is 10.6 Å². The van der Waals surface area contributed by atoms with Crippen molar-refractivity contribution in [1.29, 1.82) is 0 Å². The fourth-order valence-corrected chi connectivity index (χ4v) is 3.36. The topological polar surface area (TPSA) is 29.3 Å². The molecule has 0 aliphatic carbocycles. The second-order valence-corrected chi connectivity index (χ2v) is 6.09. The van der Waals surface area contributed by atoms with Crippen LogP contribution in [0.3, 0.4) is 0 Å². The van der Waals surface area contributed by atoms with Crippen LogP contribution >= 0.6 is 24.0 Å². The first kappa shape index (κ1) is 15.9. The molecule has 110 valence electrons. The molecule has 0 aliphatic heterocycles. The number of thiocarbonyl (C=S) groups is 1. The summed E-state index contributed by atoms with van der Waals surface area (Å²) in [5.41, 5.74) is 10.4. The highest BCUT2D eigenvalue weighted by molar-refractivity contribution is 7.98. The lowest BCUT2D eigenvalue weighted by Crippen LogP contribution is -2.22. The standard InChI is InChI=1S/C17H20N2S2/c1-4-19(13-8-5-7-12(2)11-13)14-9-6-10-15(21-3)16(14)17(18)20/h5-11H,4H2,1-3H3,(H2,18,20). The van der Waals surface area contributed by atoms with Crippen molar-refractivity contribution >= 4 is 40.3 Å². The largest absolute Gasteiger partial charge is 0.389 e. The molecule has 0 saturated heterocycles. The van der Waals surface area contributed by atoms with Crippen molar-refractivity contribution in [3.05, 3.63) is 53.6 Å². The molecule has 4 heteroatoms. The summed E-state index contributed by atoms with van der Waals surface area (Å²) in [5.74, 6) is 0. The van der Waals surface area contributed by atoms with Crippen LogP contribution in [0, 0.1) is 6.92 Å².